The van der Waals surface area contributed by atoms with Crippen LogP contribution >= 0.6 is 0 Å². The number of likely N-dealkylation sites (tertiary alicyclic amines) is 1. The Kier molecular flexibility index (Phi) is 4.27. The van der Waals surface area contributed by atoms with Crippen molar-refractivity contribution in [1.82, 2.24) is 14.9 Å². The number of carbonyl (C=O) groups excluding carboxylic acids is 1. The van der Waals surface area contributed by atoms with Crippen molar-refractivity contribution < 1.29 is 13.9 Å². The zero-order chi connectivity index (χ0) is 15.4. The van der Waals surface area contributed by atoms with Crippen molar-refractivity contribution >= 4 is 5.91 Å². The molecule has 0 aliphatic carbocycles. The average Bonchev–Trinajstić information content (AvgIpc) is 2.56. The second-order valence-corrected chi connectivity index (χ2v) is 5.17. The van der Waals surface area contributed by atoms with Crippen LogP contribution in [-0.4, -0.2) is 40.0 Å². The van der Waals surface area contributed by atoms with E-state index in [4.69, 9.17) is 4.74 Å². The Morgan fingerprint density at radius 2 is 2.09 bits per heavy atom. The molecular formula is C16H16FN3O2. The van der Waals surface area contributed by atoms with E-state index in [1.807, 2.05) is 0 Å². The number of hydrogen-bond acceptors (Lipinski definition) is 4. The minimum atomic E-state index is -0.396. The number of nitrogens with zero attached hydrogens (tertiary/aromatic N) is 3. The molecule has 1 saturated heterocycles. The van der Waals surface area contributed by atoms with E-state index < -0.39 is 5.82 Å². The van der Waals surface area contributed by atoms with Gasteiger partial charge in [-0.05, 0) is 18.2 Å². The number of benzene rings is 1. The van der Waals surface area contributed by atoms with E-state index in [0.717, 1.165) is 12.8 Å². The van der Waals surface area contributed by atoms with Gasteiger partial charge in [0.05, 0.1) is 0 Å². The first-order valence-electron chi connectivity index (χ1n) is 7.20. The maximum Gasteiger partial charge on any atom is 0.253 e. The fourth-order valence-corrected chi connectivity index (χ4v) is 2.50. The summed E-state index contributed by atoms with van der Waals surface area (Å²) in [6, 6.07) is 7.50. The molecule has 6 heteroatoms. The third-order valence-corrected chi connectivity index (χ3v) is 3.64. The standard InChI is InChI=1S/C16H16FN3O2/c17-13-3-1-2-12(10-13)16(21)20-8-5-14(6-9-20)22-15-4-7-18-11-19-15/h1-4,7,10-11,14H,5-6,8-9H2. The van der Waals surface area contributed by atoms with Crippen LogP contribution in [0, 0.1) is 5.82 Å². The van der Waals surface area contributed by atoms with Crippen LogP contribution < -0.4 is 4.74 Å². The number of hydrogen-bond donors (Lipinski definition) is 0. The van der Waals surface area contributed by atoms with Crippen LogP contribution in [0.1, 0.15) is 23.2 Å². The molecule has 0 spiro atoms. The van der Waals surface area contributed by atoms with Crippen LogP contribution in [0.4, 0.5) is 4.39 Å². The topological polar surface area (TPSA) is 55.3 Å². The lowest BCUT2D eigenvalue weighted by atomic mass is 10.1. The van der Waals surface area contributed by atoms with Crippen LogP contribution in [0.15, 0.2) is 42.9 Å². The summed E-state index contributed by atoms with van der Waals surface area (Å²) in [6.45, 7) is 1.18. The average molecular weight is 301 g/mol. The second-order valence-electron chi connectivity index (χ2n) is 5.17. The predicted octanol–water partition coefficient (Wildman–Crippen LogP) is 2.30. The Morgan fingerprint density at radius 3 is 2.77 bits per heavy atom. The largest absolute Gasteiger partial charge is 0.474 e. The van der Waals surface area contributed by atoms with Gasteiger partial charge in [-0.25, -0.2) is 14.4 Å². The lowest BCUT2D eigenvalue weighted by molar-refractivity contribution is 0.0587. The molecular weight excluding hydrogens is 285 g/mol. The molecule has 1 amide bonds. The van der Waals surface area contributed by atoms with Crippen molar-refractivity contribution in [1.29, 1.82) is 0 Å². The number of amides is 1. The smallest absolute Gasteiger partial charge is 0.253 e. The molecule has 1 aromatic heterocycles. The Hall–Kier alpha value is -2.50. The molecule has 114 valence electrons. The summed E-state index contributed by atoms with van der Waals surface area (Å²) in [5.41, 5.74) is 0.384. The van der Waals surface area contributed by atoms with E-state index in [1.54, 1.807) is 29.3 Å². The number of ether oxygens (including phenoxy) is 1. The molecule has 3 rings (SSSR count). The van der Waals surface area contributed by atoms with E-state index >= 15 is 0 Å². The highest BCUT2D eigenvalue weighted by Gasteiger charge is 2.25. The van der Waals surface area contributed by atoms with Crippen LogP contribution in [-0.2, 0) is 0 Å². The van der Waals surface area contributed by atoms with E-state index in [9.17, 15) is 9.18 Å². The van der Waals surface area contributed by atoms with Crippen molar-refractivity contribution in [3.05, 3.63) is 54.2 Å². The second kappa shape index (κ2) is 6.51. The molecule has 0 unspecified atom stereocenters. The van der Waals surface area contributed by atoms with E-state index in [2.05, 4.69) is 9.97 Å². The first-order valence-corrected chi connectivity index (χ1v) is 7.20. The summed E-state index contributed by atoms with van der Waals surface area (Å²) >= 11 is 0. The molecule has 22 heavy (non-hydrogen) atoms. The van der Waals surface area contributed by atoms with Gasteiger partial charge in [0.15, 0.2) is 0 Å². The van der Waals surface area contributed by atoms with Gasteiger partial charge in [-0.3, -0.25) is 4.79 Å². The Labute approximate surface area is 127 Å². The van der Waals surface area contributed by atoms with E-state index in [1.165, 1.54) is 18.5 Å². The maximum atomic E-state index is 13.2. The summed E-state index contributed by atoms with van der Waals surface area (Å²) < 4.78 is 19.0. The Morgan fingerprint density at radius 1 is 1.27 bits per heavy atom. The van der Waals surface area contributed by atoms with Crippen molar-refractivity contribution in [2.24, 2.45) is 0 Å². The molecule has 0 atom stereocenters. The summed E-state index contributed by atoms with van der Waals surface area (Å²) in [5, 5.41) is 0. The Balaban J connectivity index is 1.56. The van der Waals surface area contributed by atoms with Gasteiger partial charge in [-0.2, -0.15) is 0 Å². The number of piperidine rings is 1. The van der Waals surface area contributed by atoms with Gasteiger partial charge in [-0.15, -0.1) is 0 Å². The quantitative estimate of drug-likeness (QED) is 0.873. The maximum absolute atomic E-state index is 13.2. The molecule has 2 aromatic rings. The minimum absolute atomic E-state index is 0.0338. The summed E-state index contributed by atoms with van der Waals surface area (Å²) in [5.74, 6) is 0.0118. The summed E-state index contributed by atoms with van der Waals surface area (Å²) in [4.78, 5) is 21.9. The summed E-state index contributed by atoms with van der Waals surface area (Å²) in [6.07, 6.45) is 4.56. The van der Waals surface area contributed by atoms with E-state index in [0.29, 0.717) is 24.5 Å². The predicted molar refractivity (Wildman–Crippen MR) is 78.0 cm³/mol. The number of halogens is 1. The highest BCUT2D eigenvalue weighted by molar-refractivity contribution is 5.94. The molecule has 0 bridgehead atoms. The van der Waals surface area contributed by atoms with Gasteiger partial charge in [0.2, 0.25) is 5.88 Å². The number of rotatable bonds is 3. The zero-order valence-corrected chi connectivity index (χ0v) is 12.0. The number of carbonyl (C=O) groups is 1. The van der Waals surface area contributed by atoms with E-state index in [-0.39, 0.29) is 12.0 Å². The first-order chi connectivity index (χ1) is 10.7. The molecule has 1 aliphatic rings. The van der Waals surface area contributed by atoms with Gasteiger partial charge >= 0.3 is 0 Å². The Bertz CT molecular complexity index is 643. The lowest BCUT2D eigenvalue weighted by Crippen LogP contribution is -2.41. The fraction of sp³-hybridized carbons (Fsp3) is 0.312. The van der Waals surface area contributed by atoms with Crippen molar-refractivity contribution in [2.75, 3.05) is 13.1 Å². The third kappa shape index (κ3) is 3.39. The summed E-state index contributed by atoms with van der Waals surface area (Å²) in [7, 11) is 0. The number of aromatic nitrogens is 2. The molecule has 0 radical (unpaired) electrons. The highest BCUT2D eigenvalue weighted by atomic mass is 19.1. The van der Waals surface area contributed by atoms with Gasteiger partial charge in [0.1, 0.15) is 18.2 Å². The minimum Gasteiger partial charge on any atom is -0.474 e. The van der Waals surface area contributed by atoms with Crippen LogP contribution in [0.25, 0.3) is 0 Å². The third-order valence-electron chi connectivity index (χ3n) is 3.64. The molecule has 1 aliphatic heterocycles. The highest BCUT2D eigenvalue weighted by Crippen LogP contribution is 2.18. The molecule has 0 N–H and O–H groups in total. The fourth-order valence-electron chi connectivity index (χ4n) is 2.50. The van der Waals surface area contributed by atoms with Gasteiger partial charge in [0.25, 0.3) is 5.91 Å². The first kappa shape index (κ1) is 14.4. The van der Waals surface area contributed by atoms with Crippen molar-refractivity contribution in [3.8, 4) is 5.88 Å². The molecule has 1 fully saturated rings. The molecule has 2 heterocycles. The normalized spacial score (nSPS) is 15.6. The van der Waals surface area contributed by atoms with Gasteiger partial charge in [0, 0.05) is 43.8 Å². The molecule has 5 nitrogen and oxygen atoms in total. The van der Waals surface area contributed by atoms with Crippen LogP contribution in [0.5, 0.6) is 5.88 Å². The monoisotopic (exact) mass is 301 g/mol. The van der Waals surface area contributed by atoms with Crippen LogP contribution in [0.2, 0.25) is 0 Å². The lowest BCUT2D eigenvalue weighted by Gasteiger charge is -2.32. The zero-order valence-electron chi connectivity index (χ0n) is 12.0. The molecule has 0 saturated carbocycles. The van der Waals surface area contributed by atoms with Gasteiger partial charge in [-0.1, -0.05) is 6.07 Å². The molecule has 1 aromatic carbocycles. The van der Waals surface area contributed by atoms with Gasteiger partial charge < -0.3 is 9.64 Å². The SMILES string of the molecule is O=C(c1cccc(F)c1)N1CCC(Oc2ccncn2)CC1. The van der Waals surface area contributed by atoms with Crippen molar-refractivity contribution in [3.63, 3.8) is 0 Å². The van der Waals surface area contributed by atoms with Crippen molar-refractivity contribution in [2.45, 2.75) is 18.9 Å². The van der Waals surface area contributed by atoms with Crippen LogP contribution in [0.3, 0.4) is 0 Å².